The van der Waals surface area contributed by atoms with Crippen molar-refractivity contribution < 1.29 is 0 Å². The van der Waals surface area contributed by atoms with E-state index < -0.39 is 0 Å². The SMILES string of the molecule is C1CN(C2(C3NCCS3)CCSN2N2CCNC2)CCN1. The molecule has 4 rings (SSSR count). The summed E-state index contributed by atoms with van der Waals surface area (Å²) in [6.45, 7) is 8.97. The highest BCUT2D eigenvalue weighted by molar-refractivity contribution is 8.00. The standard InChI is InChI=1S/C13H26N6S2/c1-9-21-19(18-8-4-15-11-18)13(1,12-16-5-10-20-12)17-6-2-14-3-7-17/h12,14-16H,1-11H2. The van der Waals surface area contributed by atoms with Gasteiger partial charge in [-0.3, -0.25) is 4.90 Å². The molecule has 0 aromatic carbocycles. The third-order valence-electron chi connectivity index (χ3n) is 4.91. The van der Waals surface area contributed by atoms with Crippen LogP contribution in [0.2, 0.25) is 0 Å². The van der Waals surface area contributed by atoms with Crippen LogP contribution in [0.5, 0.6) is 0 Å². The van der Waals surface area contributed by atoms with Gasteiger partial charge in [-0.15, -0.1) is 11.8 Å². The molecule has 8 heteroatoms. The first-order chi connectivity index (χ1) is 10.4. The molecule has 2 unspecified atom stereocenters. The van der Waals surface area contributed by atoms with Gasteiger partial charge in [0.1, 0.15) is 5.66 Å². The highest BCUT2D eigenvalue weighted by Crippen LogP contribution is 2.46. The summed E-state index contributed by atoms with van der Waals surface area (Å²) in [5.41, 5.74) is 0.153. The maximum atomic E-state index is 3.79. The second kappa shape index (κ2) is 6.52. The molecule has 0 aromatic heterocycles. The molecule has 4 saturated heterocycles. The third kappa shape index (κ3) is 2.63. The topological polar surface area (TPSA) is 45.8 Å². The number of piperazine rings is 1. The zero-order valence-electron chi connectivity index (χ0n) is 12.5. The first-order valence-electron chi connectivity index (χ1n) is 8.11. The van der Waals surface area contributed by atoms with E-state index in [0.29, 0.717) is 5.37 Å². The molecule has 4 fully saturated rings. The summed E-state index contributed by atoms with van der Waals surface area (Å²) in [7, 11) is 0. The summed E-state index contributed by atoms with van der Waals surface area (Å²) < 4.78 is 2.63. The van der Waals surface area contributed by atoms with Gasteiger partial charge in [0.25, 0.3) is 0 Å². The van der Waals surface area contributed by atoms with Gasteiger partial charge in [-0.1, -0.05) is 11.9 Å². The molecule has 4 aliphatic rings. The fourth-order valence-electron chi connectivity index (χ4n) is 3.92. The minimum Gasteiger partial charge on any atom is -0.314 e. The highest BCUT2D eigenvalue weighted by Gasteiger charge is 2.55. The Labute approximate surface area is 135 Å². The van der Waals surface area contributed by atoms with Gasteiger partial charge in [-0.05, 0) is 6.42 Å². The number of nitrogens with zero attached hydrogens (tertiary/aromatic N) is 3. The van der Waals surface area contributed by atoms with E-state index in [1.807, 2.05) is 11.9 Å². The Kier molecular flexibility index (Phi) is 4.67. The molecule has 6 nitrogen and oxygen atoms in total. The molecule has 4 heterocycles. The van der Waals surface area contributed by atoms with Crippen LogP contribution in [0.15, 0.2) is 0 Å². The molecule has 0 aliphatic carbocycles. The van der Waals surface area contributed by atoms with E-state index in [2.05, 4.69) is 42.0 Å². The molecule has 0 saturated carbocycles. The molecule has 0 radical (unpaired) electrons. The van der Waals surface area contributed by atoms with Crippen molar-refractivity contribution in [3.8, 4) is 0 Å². The van der Waals surface area contributed by atoms with Gasteiger partial charge < -0.3 is 16.0 Å². The van der Waals surface area contributed by atoms with E-state index in [4.69, 9.17) is 0 Å². The number of hydrogen-bond donors (Lipinski definition) is 3. The Morgan fingerprint density at radius 2 is 1.81 bits per heavy atom. The Hall–Kier alpha value is 0.460. The summed E-state index contributed by atoms with van der Waals surface area (Å²) in [6, 6.07) is 0. The molecule has 120 valence electrons. The lowest BCUT2D eigenvalue weighted by molar-refractivity contribution is -0.102. The smallest absolute Gasteiger partial charge is 0.124 e. The van der Waals surface area contributed by atoms with Crippen LogP contribution in [0.4, 0.5) is 0 Å². The lowest BCUT2D eigenvalue weighted by Gasteiger charge is -2.52. The molecule has 0 amide bonds. The minimum atomic E-state index is 0.153. The van der Waals surface area contributed by atoms with Crippen LogP contribution in [0, 0.1) is 0 Å². The minimum absolute atomic E-state index is 0.153. The number of nitrogens with one attached hydrogen (secondary N) is 3. The predicted octanol–water partition coefficient (Wildman–Crippen LogP) is -0.618. The van der Waals surface area contributed by atoms with Crippen molar-refractivity contribution in [3.05, 3.63) is 0 Å². The average Bonchev–Trinajstić information content (AvgIpc) is 3.27. The van der Waals surface area contributed by atoms with Crippen molar-refractivity contribution in [3.63, 3.8) is 0 Å². The zero-order chi connectivity index (χ0) is 14.1. The number of hydrogen-bond acceptors (Lipinski definition) is 8. The lowest BCUT2D eigenvalue weighted by atomic mass is 10.0. The Morgan fingerprint density at radius 3 is 2.52 bits per heavy atom. The molecule has 3 N–H and O–H groups in total. The molecule has 4 aliphatic heterocycles. The maximum Gasteiger partial charge on any atom is 0.124 e. The van der Waals surface area contributed by atoms with Crippen LogP contribution in [0.1, 0.15) is 6.42 Å². The summed E-state index contributed by atoms with van der Waals surface area (Å²) in [6.07, 6.45) is 1.26. The van der Waals surface area contributed by atoms with Gasteiger partial charge in [-0.25, -0.2) is 5.01 Å². The van der Waals surface area contributed by atoms with Crippen molar-refractivity contribution in [2.24, 2.45) is 0 Å². The van der Waals surface area contributed by atoms with E-state index in [-0.39, 0.29) is 5.66 Å². The van der Waals surface area contributed by atoms with Crippen LogP contribution in [-0.4, -0.2) is 89.3 Å². The van der Waals surface area contributed by atoms with E-state index in [1.54, 1.807) is 0 Å². The van der Waals surface area contributed by atoms with Crippen LogP contribution < -0.4 is 16.0 Å². The van der Waals surface area contributed by atoms with E-state index in [9.17, 15) is 0 Å². The van der Waals surface area contributed by atoms with Gasteiger partial charge in [0.15, 0.2) is 0 Å². The second-order valence-electron chi connectivity index (χ2n) is 6.06. The Bertz CT molecular complexity index is 355. The fraction of sp³-hybridized carbons (Fsp3) is 1.00. The van der Waals surface area contributed by atoms with Gasteiger partial charge in [0.05, 0.1) is 12.0 Å². The molecular formula is C13H26N6S2. The Morgan fingerprint density at radius 1 is 0.952 bits per heavy atom. The molecule has 0 bridgehead atoms. The van der Waals surface area contributed by atoms with E-state index in [0.717, 1.165) is 52.5 Å². The van der Waals surface area contributed by atoms with Gasteiger partial charge in [-0.2, -0.15) is 4.41 Å². The second-order valence-corrected chi connectivity index (χ2v) is 8.29. The van der Waals surface area contributed by atoms with Gasteiger partial charge >= 0.3 is 0 Å². The van der Waals surface area contributed by atoms with Crippen molar-refractivity contribution in [2.45, 2.75) is 17.5 Å². The average molecular weight is 331 g/mol. The molecular weight excluding hydrogens is 304 g/mol. The number of rotatable bonds is 3. The normalized spacial score (nSPS) is 40.3. The Balaban J connectivity index is 1.63. The first kappa shape index (κ1) is 15.0. The quantitative estimate of drug-likeness (QED) is 0.592. The van der Waals surface area contributed by atoms with E-state index >= 15 is 0 Å². The van der Waals surface area contributed by atoms with Crippen LogP contribution >= 0.6 is 23.7 Å². The highest BCUT2D eigenvalue weighted by atomic mass is 32.2. The number of thioether (sulfide) groups is 1. The third-order valence-corrected chi connectivity index (χ3v) is 7.41. The summed E-state index contributed by atoms with van der Waals surface area (Å²) in [4.78, 5) is 2.75. The zero-order valence-corrected chi connectivity index (χ0v) is 14.1. The van der Waals surface area contributed by atoms with Crippen molar-refractivity contribution in [1.82, 2.24) is 30.3 Å². The predicted molar refractivity (Wildman–Crippen MR) is 89.9 cm³/mol. The monoisotopic (exact) mass is 330 g/mol. The fourth-order valence-corrected chi connectivity index (χ4v) is 6.73. The summed E-state index contributed by atoms with van der Waals surface area (Å²) >= 11 is 4.15. The van der Waals surface area contributed by atoms with Crippen LogP contribution in [-0.2, 0) is 0 Å². The first-order valence-corrected chi connectivity index (χ1v) is 10.1. The van der Waals surface area contributed by atoms with Crippen molar-refractivity contribution in [1.29, 1.82) is 0 Å². The molecule has 2 atom stereocenters. The molecule has 0 aromatic rings. The largest absolute Gasteiger partial charge is 0.314 e. The molecule has 0 spiro atoms. The van der Waals surface area contributed by atoms with Crippen LogP contribution in [0.3, 0.4) is 0 Å². The van der Waals surface area contributed by atoms with Crippen molar-refractivity contribution >= 4 is 23.7 Å². The van der Waals surface area contributed by atoms with Crippen molar-refractivity contribution in [2.75, 3.05) is 64.0 Å². The van der Waals surface area contributed by atoms with Gasteiger partial charge in [0, 0.05) is 57.3 Å². The van der Waals surface area contributed by atoms with Gasteiger partial charge in [0.2, 0.25) is 0 Å². The summed E-state index contributed by atoms with van der Waals surface area (Å²) in [5.74, 6) is 2.48. The van der Waals surface area contributed by atoms with E-state index in [1.165, 1.54) is 17.9 Å². The lowest BCUT2D eigenvalue weighted by Crippen LogP contribution is -2.70. The molecule has 21 heavy (non-hydrogen) atoms. The number of hydrazine groups is 1. The van der Waals surface area contributed by atoms with Crippen LogP contribution in [0.25, 0.3) is 0 Å². The summed E-state index contributed by atoms with van der Waals surface area (Å²) in [5, 5.41) is 13.9. The maximum absolute atomic E-state index is 3.79.